The molecule has 1 aliphatic heterocycles. The summed E-state index contributed by atoms with van der Waals surface area (Å²) in [7, 11) is 0. The molecule has 0 radical (unpaired) electrons. The zero-order chi connectivity index (χ0) is 12.4. The van der Waals surface area contributed by atoms with E-state index in [4.69, 9.17) is 4.84 Å². The fourth-order valence-corrected chi connectivity index (χ4v) is 1.71. The van der Waals surface area contributed by atoms with Crippen LogP contribution in [0, 0.1) is 0 Å². The number of pyridine rings is 1. The van der Waals surface area contributed by atoms with Gasteiger partial charge in [-0.2, -0.15) is 4.99 Å². The van der Waals surface area contributed by atoms with E-state index >= 15 is 0 Å². The van der Waals surface area contributed by atoms with Gasteiger partial charge >= 0.3 is 0 Å². The average Bonchev–Trinajstić information content (AvgIpc) is 2.90. The quantitative estimate of drug-likeness (QED) is 0.787. The van der Waals surface area contributed by atoms with Gasteiger partial charge in [-0.1, -0.05) is 24.8 Å². The van der Waals surface area contributed by atoms with Crippen molar-refractivity contribution in [2.45, 2.75) is 0 Å². The Kier molecular flexibility index (Phi) is 2.53. The summed E-state index contributed by atoms with van der Waals surface area (Å²) in [4.78, 5) is 13.8. The molecule has 4 heteroatoms. The summed E-state index contributed by atoms with van der Waals surface area (Å²) in [5.41, 5.74) is 3.68. The standard InChI is InChI=1S/C14H11N3O/c1-10-5-2-3-7-12(10)14-16-13(17-18-14)11-6-4-8-15-9-11/h2-9H,1H2,(H,16,17). The third-order valence-electron chi connectivity index (χ3n) is 2.64. The van der Waals surface area contributed by atoms with Crippen molar-refractivity contribution < 1.29 is 4.84 Å². The van der Waals surface area contributed by atoms with Gasteiger partial charge in [0.1, 0.15) is 0 Å². The molecule has 1 aromatic heterocycles. The molecule has 0 bridgehead atoms. The van der Waals surface area contributed by atoms with Gasteiger partial charge in [-0.05, 0) is 23.4 Å². The Morgan fingerprint density at radius 3 is 2.78 bits per heavy atom. The molecule has 0 atom stereocenters. The zero-order valence-electron chi connectivity index (χ0n) is 9.63. The number of rotatable bonds is 1. The van der Waals surface area contributed by atoms with Crippen LogP contribution in [0.5, 0.6) is 0 Å². The minimum absolute atomic E-state index is 0.527. The number of benzene rings is 1. The molecular formula is C14H11N3O. The second-order valence-corrected chi connectivity index (χ2v) is 3.87. The molecule has 2 aromatic rings. The predicted molar refractivity (Wildman–Crippen MR) is 69.6 cm³/mol. The number of amidine groups is 1. The maximum absolute atomic E-state index is 5.38. The van der Waals surface area contributed by atoms with E-state index in [2.05, 4.69) is 22.0 Å². The SMILES string of the molecule is C=c1ccccc1=C1N=C(c2cccnc2)NO1. The Morgan fingerprint density at radius 2 is 2.00 bits per heavy atom. The van der Waals surface area contributed by atoms with Gasteiger partial charge in [0, 0.05) is 23.2 Å². The summed E-state index contributed by atoms with van der Waals surface area (Å²) in [5, 5.41) is 1.76. The zero-order valence-corrected chi connectivity index (χ0v) is 9.63. The first kappa shape index (κ1) is 10.5. The largest absolute Gasteiger partial charge is 0.359 e. The molecule has 18 heavy (non-hydrogen) atoms. The van der Waals surface area contributed by atoms with Crippen LogP contribution in [0.2, 0.25) is 0 Å². The Bertz CT molecular complexity index is 707. The highest BCUT2D eigenvalue weighted by molar-refractivity contribution is 6.01. The van der Waals surface area contributed by atoms with E-state index in [-0.39, 0.29) is 0 Å². The van der Waals surface area contributed by atoms with Crippen LogP contribution in [0.4, 0.5) is 0 Å². The van der Waals surface area contributed by atoms with E-state index in [1.54, 1.807) is 12.4 Å². The Balaban J connectivity index is 2.11. The summed E-state index contributed by atoms with van der Waals surface area (Å²) in [5.74, 6) is 1.18. The molecule has 0 aliphatic carbocycles. The molecule has 0 unspecified atom stereocenters. The first-order valence-corrected chi connectivity index (χ1v) is 5.55. The average molecular weight is 237 g/mol. The van der Waals surface area contributed by atoms with Crippen molar-refractivity contribution in [1.29, 1.82) is 0 Å². The molecule has 1 aliphatic rings. The summed E-state index contributed by atoms with van der Waals surface area (Å²) in [6, 6.07) is 11.5. The summed E-state index contributed by atoms with van der Waals surface area (Å²) >= 11 is 0. The fraction of sp³-hybridized carbons (Fsp3) is 0. The summed E-state index contributed by atoms with van der Waals surface area (Å²) < 4.78 is 0. The van der Waals surface area contributed by atoms with Crippen molar-refractivity contribution >= 4 is 18.3 Å². The number of nitrogens with one attached hydrogen (secondary N) is 1. The van der Waals surface area contributed by atoms with Crippen molar-refractivity contribution in [2.24, 2.45) is 4.99 Å². The monoisotopic (exact) mass is 237 g/mol. The molecule has 4 nitrogen and oxygen atoms in total. The van der Waals surface area contributed by atoms with E-state index < -0.39 is 0 Å². The number of hydrogen-bond acceptors (Lipinski definition) is 4. The van der Waals surface area contributed by atoms with Crippen molar-refractivity contribution in [1.82, 2.24) is 10.5 Å². The van der Waals surface area contributed by atoms with E-state index in [1.807, 2.05) is 36.4 Å². The molecule has 0 saturated carbocycles. The van der Waals surface area contributed by atoms with E-state index in [0.29, 0.717) is 11.7 Å². The number of aliphatic imine (C=N–C) groups is 1. The lowest BCUT2D eigenvalue weighted by molar-refractivity contribution is 0.230. The topological polar surface area (TPSA) is 46.5 Å². The molecule has 0 fully saturated rings. The first-order valence-electron chi connectivity index (χ1n) is 5.55. The van der Waals surface area contributed by atoms with Crippen molar-refractivity contribution in [2.75, 3.05) is 0 Å². The fourth-order valence-electron chi connectivity index (χ4n) is 1.71. The Morgan fingerprint density at radius 1 is 1.11 bits per heavy atom. The summed E-state index contributed by atoms with van der Waals surface area (Å²) in [6.07, 6.45) is 3.45. The Labute approximate surface area is 104 Å². The van der Waals surface area contributed by atoms with Gasteiger partial charge < -0.3 is 4.84 Å². The van der Waals surface area contributed by atoms with E-state index in [1.165, 1.54) is 0 Å². The van der Waals surface area contributed by atoms with Gasteiger partial charge in [0.05, 0.1) is 0 Å². The highest BCUT2D eigenvalue weighted by Gasteiger charge is 2.14. The highest BCUT2D eigenvalue weighted by atomic mass is 16.7. The normalized spacial score (nSPS) is 16.8. The van der Waals surface area contributed by atoms with Crippen molar-refractivity contribution in [3.05, 3.63) is 64.8 Å². The number of aromatic nitrogens is 1. The number of hydrogen-bond donors (Lipinski definition) is 1. The maximum atomic E-state index is 5.38. The second kappa shape index (κ2) is 4.33. The van der Waals surface area contributed by atoms with Crippen LogP contribution in [-0.4, -0.2) is 10.8 Å². The molecular weight excluding hydrogens is 226 g/mol. The van der Waals surface area contributed by atoms with Crippen LogP contribution in [0.3, 0.4) is 0 Å². The lowest BCUT2D eigenvalue weighted by atomic mass is 10.2. The minimum atomic E-state index is 0.527. The van der Waals surface area contributed by atoms with Gasteiger partial charge in [0.15, 0.2) is 5.84 Å². The van der Waals surface area contributed by atoms with Crippen LogP contribution in [0.25, 0.3) is 12.5 Å². The van der Waals surface area contributed by atoms with Gasteiger partial charge in [-0.3, -0.25) is 4.98 Å². The minimum Gasteiger partial charge on any atom is -0.359 e. The van der Waals surface area contributed by atoms with Gasteiger partial charge in [-0.25, -0.2) is 5.48 Å². The first-order chi connectivity index (χ1) is 8.84. The smallest absolute Gasteiger partial charge is 0.255 e. The van der Waals surface area contributed by atoms with Crippen molar-refractivity contribution in [3.63, 3.8) is 0 Å². The third kappa shape index (κ3) is 1.84. The van der Waals surface area contributed by atoms with E-state index in [0.717, 1.165) is 16.0 Å². The van der Waals surface area contributed by atoms with Crippen LogP contribution < -0.4 is 15.9 Å². The van der Waals surface area contributed by atoms with Crippen LogP contribution >= 0.6 is 0 Å². The molecule has 88 valence electrons. The van der Waals surface area contributed by atoms with Crippen LogP contribution in [0.1, 0.15) is 5.56 Å². The molecule has 0 amide bonds. The van der Waals surface area contributed by atoms with Gasteiger partial charge in [0.2, 0.25) is 0 Å². The van der Waals surface area contributed by atoms with Gasteiger partial charge in [0.25, 0.3) is 5.88 Å². The molecule has 2 heterocycles. The lowest BCUT2D eigenvalue weighted by Crippen LogP contribution is -2.25. The van der Waals surface area contributed by atoms with Gasteiger partial charge in [-0.15, -0.1) is 0 Å². The number of nitrogens with zero attached hydrogens (tertiary/aromatic N) is 2. The van der Waals surface area contributed by atoms with Crippen LogP contribution in [-0.2, 0) is 4.84 Å². The molecule has 1 N–H and O–H groups in total. The maximum Gasteiger partial charge on any atom is 0.255 e. The predicted octanol–water partition coefficient (Wildman–Crippen LogP) is 0.539. The molecule has 0 spiro atoms. The third-order valence-corrected chi connectivity index (χ3v) is 2.64. The highest BCUT2D eigenvalue weighted by Crippen LogP contribution is 2.08. The summed E-state index contributed by atoms with van der Waals surface area (Å²) in [6.45, 7) is 3.95. The second-order valence-electron chi connectivity index (χ2n) is 3.87. The molecule has 0 saturated heterocycles. The lowest BCUT2D eigenvalue weighted by Gasteiger charge is -1.98. The molecule has 3 rings (SSSR count). The Hall–Kier alpha value is -2.62. The number of hydroxylamine groups is 1. The molecule has 1 aromatic carbocycles. The van der Waals surface area contributed by atoms with Crippen LogP contribution in [0.15, 0.2) is 53.8 Å². The van der Waals surface area contributed by atoms with E-state index in [9.17, 15) is 0 Å². The van der Waals surface area contributed by atoms with Crippen molar-refractivity contribution in [3.8, 4) is 0 Å².